The maximum atomic E-state index is 5.49. The van der Waals surface area contributed by atoms with E-state index in [0.717, 1.165) is 13.0 Å². The van der Waals surface area contributed by atoms with Gasteiger partial charge in [-0.1, -0.05) is 6.07 Å². The summed E-state index contributed by atoms with van der Waals surface area (Å²) in [6.07, 6.45) is 0.929. The summed E-state index contributed by atoms with van der Waals surface area (Å²) in [6.45, 7) is 8.28. The van der Waals surface area contributed by atoms with Crippen LogP contribution in [-0.2, 0) is 15.9 Å². The van der Waals surface area contributed by atoms with Crippen LogP contribution >= 0.6 is 11.3 Å². The molecule has 17 heavy (non-hydrogen) atoms. The maximum absolute atomic E-state index is 5.49. The molecule has 0 saturated carbocycles. The molecular weight excluding hydrogens is 234 g/mol. The Bertz CT molecular complexity index is 271. The van der Waals surface area contributed by atoms with E-state index in [0.29, 0.717) is 19.3 Å². The summed E-state index contributed by atoms with van der Waals surface area (Å²) >= 11 is 1.80. The van der Waals surface area contributed by atoms with Crippen LogP contribution < -0.4 is 5.32 Å². The van der Waals surface area contributed by atoms with Crippen molar-refractivity contribution in [2.45, 2.75) is 39.5 Å². The number of nitrogens with one attached hydrogen (secondary N) is 1. The lowest BCUT2D eigenvalue weighted by atomic mass is 10.2. The van der Waals surface area contributed by atoms with Gasteiger partial charge in [0.15, 0.2) is 6.29 Å². The van der Waals surface area contributed by atoms with Crippen molar-refractivity contribution in [1.29, 1.82) is 0 Å². The zero-order valence-electron chi connectivity index (χ0n) is 10.9. The molecule has 0 radical (unpaired) electrons. The minimum atomic E-state index is -0.129. The first-order chi connectivity index (χ1) is 8.26. The van der Waals surface area contributed by atoms with Gasteiger partial charge in [-0.2, -0.15) is 0 Å². The molecule has 1 rings (SSSR count). The maximum Gasteiger partial charge on any atom is 0.169 e. The van der Waals surface area contributed by atoms with Crippen LogP contribution in [0.1, 0.15) is 25.6 Å². The topological polar surface area (TPSA) is 30.5 Å². The first-order valence-electron chi connectivity index (χ1n) is 6.25. The van der Waals surface area contributed by atoms with E-state index >= 15 is 0 Å². The molecule has 0 aliphatic rings. The molecule has 1 heterocycles. The molecule has 1 atom stereocenters. The van der Waals surface area contributed by atoms with Crippen molar-refractivity contribution in [2.75, 3.05) is 19.8 Å². The molecule has 0 saturated heterocycles. The second kappa shape index (κ2) is 8.64. The highest BCUT2D eigenvalue weighted by Crippen LogP contribution is 2.10. The molecule has 4 heteroatoms. The first-order valence-corrected chi connectivity index (χ1v) is 7.13. The Morgan fingerprint density at radius 2 is 2.00 bits per heavy atom. The van der Waals surface area contributed by atoms with E-state index in [2.05, 4.69) is 29.8 Å². The Morgan fingerprint density at radius 1 is 1.29 bits per heavy atom. The molecule has 0 aromatic carbocycles. The van der Waals surface area contributed by atoms with Crippen molar-refractivity contribution < 1.29 is 9.47 Å². The molecule has 0 amide bonds. The zero-order valence-corrected chi connectivity index (χ0v) is 11.8. The van der Waals surface area contributed by atoms with Crippen molar-refractivity contribution in [3.63, 3.8) is 0 Å². The van der Waals surface area contributed by atoms with Crippen LogP contribution in [-0.4, -0.2) is 32.1 Å². The van der Waals surface area contributed by atoms with Gasteiger partial charge in [0.1, 0.15) is 0 Å². The molecule has 0 aliphatic carbocycles. The van der Waals surface area contributed by atoms with Gasteiger partial charge in [-0.15, -0.1) is 11.3 Å². The van der Waals surface area contributed by atoms with Crippen LogP contribution in [0.3, 0.4) is 0 Å². The van der Waals surface area contributed by atoms with Gasteiger partial charge < -0.3 is 14.8 Å². The zero-order chi connectivity index (χ0) is 12.5. The van der Waals surface area contributed by atoms with E-state index in [1.165, 1.54) is 4.88 Å². The summed E-state index contributed by atoms with van der Waals surface area (Å²) < 4.78 is 11.0. The summed E-state index contributed by atoms with van der Waals surface area (Å²) in [7, 11) is 0. The van der Waals surface area contributed by atoms with Gasteiger partial charge in [-0.25, -0.2) is 0 Å². The standard InChI is InChI=1S/C13H23NO2S/c1-4-15-13(16-5-2)10-14-11(3)9-12-7-6-8-17-12/h6-8,11,13-14H,4-5,9-10H2,1-3H3. The predicted octanol–water partition coefficient (Wildman–Crippen LogP) is 2.67. The fraction of sp³-hybridized carbons (Fsp3) is 0.692. The van der Waals surface area contributed by atoms with Crippen LogP contribution in [0, 0.1) is 0 Å². The average molecular weight is 257 g/mol. The monoisotopic (exact) mass is 257 g/mol. The van der Waals surface area contributed by atoms with Crippen molar-refractivity contribution >= 4 is 11.3 Å². The van der Waals surface area contributed by atoms with Crippen LogP contribution in [0.2, 0.25) is 0 Å². The number of ether oxygens (including phenoxy) is 2. The summed E-state index contributed by atoms with van der Waals surface area (Å²) in [5, 5.41) is 5.56. The predicted molar refractivity (Wildman–Crippen MR) is 72.5 cm³/mol. The summed E-state index contributed by atoms with van der Waals surface area (Å²) in [4.78, 5) is 1.41. The van der Waals surface area contributed by atoms with E-state index in [4.69, 9.17) is 9.47 Å². The van der Waals surface area contributed by atoms with Gasteiger partial charge in [0.2, 0.25) is 0 Å². The van der Waals surface area contributed by atoms with Crippen molar-refractivity contribution in [3.05, 3.63) is 22.4 Å². The summed E-state index contributed by atoms with van der Waals surface area (Å²) in [5.41, 5.74) is 0. The van der Waals surface area contributed by atoms with Gasteiger partial charge in [0.25, 0.3) is 0 Å². The van der Waals surface area contributed by atoms with Gasteiger partial charge in [0, 0.05) is 30.7 Å². The molecule has 98 valence electrons. The molecule has 1 unspecified atom stereocenters. The number of thiophene rings is 1. The molecule has 0 spiro atoms. The lowest BCUT2D eigenvalue weighted by Crippen LogP contribution is -2.37. The van der Waals surface area contributed by atoms with E-state index in [1.807, 2.05) is 13.8 Å². The SMILES string of the molecule is CCOC(CNC(C)Cc1cccs1)OCC. The fourth-order valence-corrected chi connectivity index (χ4v) is 2.47. The third kappa shape index (κ3) is 6.17. The lowest BCUT2D eigenvalue weighted by molar-refractivity contribution is -0.133. The van der Waals surface area contributed by atoms with E-state index in [9.17, 15) is 0 Å². The third-order valence-electron chi connectivity index (χ3n) is 2.43. The van der Waals surface area contributed by atoms with E-state index in [-0.39, 0.29) is 6.29 Å². The molecular formula is C13H23NO2S. The van der Waals surface area contributed by atoms with E-state index in [1.54, 1.807) is 11.3 Å². The molecule has 1 N–H and O–H groups in total. The van der Waals surface area contributed by atoms with Gasteiger partial charge in [-0.3, -0.25) is 0 Å². The van der Waals surface area contributed by atoms with Gasteiger partial charge in [0.05, 0.1) is 0 Å². The Labute approximate surface area is 108 Å². The normalized spacial score (nSPS) is 13.2. The Morgan fingerprint density at radius 3 is 2.53 bits per heavy atom. The van der Waals surface area contributed by atoms with Gasteiger partial charge in [-0.05, 0) is 38.6 Å². The van der Waals surface area contributed by atoms with Crippen LogP contribution in [0.15, 0.2) is 17.5 Å². The van der Waals surface area contributed by atoms with Crippen molar-refractivity contribution in [3.8, 4) is 0 Å². The Kier molecular flexibility index (Phi) is 7.44. The minimum Gasteiger partial charge on any atom is -0.352 e. The van der Waals surface area contributed by atoms with Crippen LogP contribution in [0.5, 0.6) is 0 Å². The second-order valence-corrected chi connectivity index (χ2v) is 4.97. The molecule has 0 fully saturated rings. The first kappa shape index (κ1) is 14.6. The molecule has 1 aromatic rings. The summed E-state index contributed by atoms with van der Waals surface area (Å²) in [6, 6.07) is 4.71. The smallest absolute Gasteiger partial charge is 0.169 e. The quantitative estimate of drug-likeness (QED) is 0.690. The number of hydrogen-bond donors (Lipinski definition) is 1. The number of hydrogen-bond acceptors (Lipinski definition) is 4. The Hall–Kier alpha value is -0.420. The van der Waals surface area contributed by atoms with E-state index < -0.39 is 0 Å². The minimum absolute atomic E-state index is 0.129. The largest absolute Gasteiger partial charge is 0.352 e. The summed E-state index contributed by atoms with van der Waals surface area (Å²) in [5.74, 6) is 0. The molecule has 0 aliphatic heterocycles. The second-order valence-electron chi connectivity index (χ2n) is 3.93. The van der Waals surface area contributed by atoms with Crippen molar-refractivity contribution in [2.24, 2.45) is 0 Å². The number of rotatable bonds is 9. The highest BCUT2D eigenvalue weighted by atomic mass is 32.1. The van der Waals surface area contributed by atoms with Crippen molar-refractivity contribution in [1.82, 2.24) is 5.32 Å². The lowest BCUT2D eigenvalue weighted by Gasteiger charge is -2.20. The Balaban J connectivity index is 2.23. The molecule has 0 bridgehead atoms. The van der Waals surface area contributed by atoms with Crippen LogP contribution in [0.25, 0.3) is 0 Å². The highest BCUT2D eigenvalue weighted by Gasteiger charge is 2.10. The van der Waals surface area contributed by atoms with Gasteiger partial charge >= 0.3 is 0 Å². The molecule has 3 nitrogen and oxygen atoms in total. The highest BCUT2D eigenvalue weighted by molar-refractivity contribution is 7.09. The van der Waals surface area contributed by atoms with Crippen LogP contribution in [0.4, 0.5) is 0 Å². The molecule has 1 aromatic heterocycles. The fourth-order valence-electron chi connectivity index (χ4n) is 1.64. The third-order valence-corrected chi connectivity index (χ3v) is 3.32. The average Bonchev–Trinajstić information content (AvgIpc) is 2.79.